The van der Waals surface area contributed by atoms with Crippen molar-refractivity contribution in [1.82, 2.24) is 21.3 Å². The van der Waals surface area contributed by atoms with Crippen molar-refractivity contribution >= 4 is 67.9 Å². The van der Waals surface area contributed by atoms with Crippen molar-refractivity contribution in [3.63, 3.8) is 0 Å². The van der Waals surface area contributed by atoms with Gasteiger partial charge in [-0.1, -0.05) is 48.7 Å². The normalized spacial score (nSPS) is 18.7. The maximum atomic E-state index is 11.5. The summed E-state index contributed by atoms with van der Waals surface area (Å²) in [5.41, 5.74) is 6.60. The molecule has 12 heteroatoms. The van der Waals surface area contributed by atoms with Crippen LogP contribution in [0, 0.1) is 0 Å². The predicted molar refractivity (Wildman–Crippen MR) is 189 cm³/mol. The van der Waals surface area contributed by atoms with E-state index in [1.807, 2.05) is 36.8 Å². The number of ketones is 2. The van der Waals surface area contributed by atoms with Crippen molar-refractivity contribution in [3.05, 3.63) is 94.7 Å². The Morgan fingerprint density at radius 1 is 0.682 bits per heavy atom. The van der Waals surface area contributed by atoms with Gasteiger partial charge in [0.15, 0.2) is 11.6 Å². The maximum absolute atomic E-state index is 11.5. The van der Waals surface area contributed by atoms with E-state index < -0.39 is 0 Å². The molecule has 0 fully saturated rings. The first-order valence-electron chi connectivity index (χ1n) is 14.4. The minimum atomic E-state index is 0.0454. The Morgan fingerprint density at radius 2 is 1.07 bits per heavy atom. The zero-order valence-electron chi connectivity index (χ0n) is 25.1. The van der Waals surface area contributed by atoms with E-state index in [0.29, 0.717) is 11.1 Å². The molecule has 0 aromatic heterocycles. The molecule has 0 heterocycles. The molecule has 235 valence electrons. The molecule has 0 bridgehead atoms. The molecule has 4 N–H and O–H groups in total. The van der Waals surface area contributed by atoms with Gasteiger partial charge in [-0.3, -0.25) is 9.59 Å². The number of allylic oxidation sites excluding steroid dienone is 12. The van der Waals surface area contributed by atoms with Gasteiger partial charge in [0.1, 0.15) is 0 Å². The van der Waals surface area contributed by atoms with Crippen LogP contribution >= 0.6 is 48.0 Å². The monoisotopic (exact) mass is 707 g/mol. The second-order valence-electron chi connectivity index (χ2n) is 9.73. The first-order valence-corrected chi connectivity index (χ1v) is 18.2. The average molecular weight is 708 g/mol. The first kappa shape index (κ1) is 37.9. The molecular formula is C32H40N4O3S4V. The standard InChI is InChI=1S/2C16H20N2OS2.O.V/c2*1-21-16(20)13-6-4-7-14(13)18-10-9-17-11-12-5-2-3-8-15(12)19;;/h2*2-3,5,8,11,17-18H,4,6-7,9-10H2,1H3;;. The van der Waals surface area contributed by atoms with Gasteiger partial charge in [-0.25, -0.2) is 0 Å². The van der Waals surface area contributed by atoms with Crippen molar-refractivity contribution in [2.45, 2.75) is 38.5 Å². The molecule has 0 aromatic carbocycles. The van der Waals surface area contributed by atoms with Crippen molar-refractivity contribution in [2.24, 2.45) is 0 Å². The van der Waals surface area contributed by atoms with Gasteiger partial charge in [0, 0.05) is 61.1 Å². The third-order valence-corrected chi connectivity index (χ3v) is 9.60. The van der Waals surface area contributed by atoms with E-state index in [4.69, 9.17) is 28.1 Å². The molecular weight excluding hydrogens is 668 g/mol. The SMILES string of the molecule is CSC(=S)C1=C(NCCNC=C2C=CC=CC2=O)CCC1.CSC(=S)C1=C(NCCNC=C2C=CC=CC2=O)CCC1.[O]=[V]. The Kier molecular flexibility index (Phi) is 19.2. The van der Waals surface area contributed by atoms with Gasteiger partial charge in [-0.15, -0.1) is 23.5 Å². The molecule has 0 amide bonds. The van der Waals surface area contributed by atoms with Crippen molar-refractivity contribution in [3.8, 4) is 0 Å². The van der Waals surface area contributed by atoms with E-state index >= 15 is 0 Å². The molecule has 7 nitrogen and oxygen atoms in total. The number of hydrogen-bond acceptors (Lipinski definition) is 11. The molecule has 0 aliphatic heterocycles. The minimum absolute atomic E-state index is 0.0454. The fraction of sp³-hybridized carbons (Fsp3) is 0.375. The van der Waals surface area contributed by atoms with E-state index in [-0.39, 0.29) is 11.6 Å². The Hall–Kier alpha value is -2.28. The molecule has 0 aromatic rings. The topological polar surface area (TPSA) is 99.3 Å². The summed E-state index contributed by atoms with van der Waals surface area (Å²) in [6, 6.07) is 0. The van der Waals surface area contributed by atoms with E-state index in [9.17, 15) is 9.59 Å². The van der Waals surface area contributed by atoms with Crippen LogP contribution in [0.3, 0.4) is 0 Å². The van der Waals surface area contributed by atoms with Gasteiger partial charge in [0.05, 0.1) is 8.39 Å². The van der Waals surface area contributed by atoms with Crippen molar-refractivity contribution < 1.29 is 30.6 Å². The van der Waals surface area contributed by atoms with Gasteiger partial charge >= 0.3 is 21.0 Å². The van der Waals surface area contributed by atoms with Gasteiger partial charge in [-0.2, -0.15) is 0 Å². The van der Waals surface area contributed by atoms with Crippen LogP contribution in [-0.4, -0.2) is 58.7 Å². The summed E-state index contributed by atoms with van der Waals surface area (Å²) < 4.78 is 10.2. The van der Waals surface area contributed by atoms with Gasteiger partial charge in [0.25, 0.3) is 0 Å². The van der Waals surface area contributed by atoms with Gasteiger partial charge in [0.2, 0.25) is 0 Å². The second-order valence-corrected chi connectivity index (χ2v) is 12.7. The fourth-order valence-electron chi connectivity index (χ4n) is 4.71. The van der Waals surface area contributed by atoms with Crippen LogP contribution in [0.25, 0.3) is 0 Å². The van der Waals surface area contributed by atoms with Gasteiger partial charge < -0.3 is 21.3 Å². The zero-order valence-corrected chi connectivity index (χ0v) is 29.8. The Labute approximate surface area is 290 Å². The third kappa shape index (κ3) is 13.0. The Bertz CT molecular complexity index is 1210. The number of thioether (sulfide) groups is 2. The number of rotatable bonds is 12. The molecule has 0 radical (unpaired) electrons. The fourth-order valence-corrected chi connectivity index (χ4v) is 6.10. The first-order chi connectivity index (χ1) is 21.4. The second kappa shape index (κ2) is 22.3. The molecule has 0 spiro atoms. The van der Waals surface area contributed by atoms with E-state index in [0.717, 1.165) is 77.6 Å². The van der Waals surface area contributed by atoms with Crippen LogP contribution in [0.1, 0.15) is 38.5 Å². The third-order valence-electron chi connectivity index (χ3n) is 6.87. The summed E-state index contributed by atoms with van der Waals surface area (Å²) in [5, 5.41) is 13.3. The molecule has 0 saturated heterocycles. The van der Waals surface area contributed by atoms with Crippen LogP contribution < -0.4 is 21.3 Å². The molecule has 4 aliphatic carbocycles. The number of thiocarbonyl (C=S) groups is 2. The van der Waals surface area contributed by atoms with E-state index in [1.165, 1.54) is 35.4 Å². The van der Waals surface area contributed by atoms with Crippen LogP contribution in [0.5, 0.6) is 0 Å². The Balaban J connectivity index is 0.000000291. The molecule has 0 unspecified atom stereocenters. The van der Waals surface area contributed by atoms with Crippen molar-refractivity contribution in [2.75, 3.05) is 38.7 Å². The molecule has 44 heavy (non-hydrogen) atoms. The molecule has 4 aliphatic rings. The number of hydrogen-bond donors (Lipinski definition) is 4. The zero-order chi connectivity index (χ0) is 32.2. The van der Waals surface area contributed by atoms with E-state index in [1.54, 1.807) is 60.2 Å². The molecule has 4 rings (SSSR count). The van der Waals surface area contributed by atoms with Crippen molar-refractivity contribution in [1.29, 1.82) is 0 Å². The van der Waals surface area contributed by atoms with Crippen LogP contribution in [-0.2, 0) is 30.6 Å². The quantitative estimate of drug-likeness (QED) is 0.116. The van der Waals surface area contributed by atoms with Crippen LogP contribution in [0.2, 0.25) is 0 Å². The summed E-state index contributed by atoms with van der Waals surface area (Å²) in [6.07, 6.45) is 28.4. The summed E-state index contributed by atoms with van der Waals surface area (Å²) in [7, 11) is 0. The number of carbonyl (C=O) groups excluding carboxylic acids is 2. The van der Waals surface area contributed by atoms with E-state index in [2.05, 4.69) is 21.3 Å². The van der Waals surface area contributed by atoms with Crippen LogP contribution in [0.15, 0.2) is 94.7 Å². The number of nitrogens with one attached hydrogen (secondary N) is 4. The molecule has 0 saturated carbocycles. The summed E-state index contributed by atoms with van der Waals surface area (Å²) in [6.45, 7) is 3.20. The predicted octanol–water partition coefficient (Wildman–Crippen LogP) is 5.62. The summed E-state index contributed by atoms with van der Waals surface area (Å²) in [5.74, 6) is 0.0909. The van der Waals surface area contributed by atoms with Gasteiger partial charge in [-0.05, 0) is 86.5 Å². The molecule has 0 atom stereocenters. The average Bonchev–Trinajstić information content (AvgIpc) is 3.73. The summed E-state index contributed by atoms with van der Waals surface area (Å²) >= 11 is 15.1. The van der Waals surface area contributed by atoms with Crippen LogP contribution in [0.4, 0.5) is 0 Å². The number of carbonyl (C=O) groups is 2. The summed E-state index contributed by atoms with van der Waals surface area (Å²) in [4.78, 5) is 23.1. The Morgan fingerprint density at radius 3 is 1.43 bits per heavy atom.